The molecule has 2 heterocycles. The lowest BCUT2D eigenvalue weighted by Gasteiger charge is -2.08. The van der Waals surface area contributed by atoms with Crippen molar-refractivity contribution in [2.45, 2.75) is 25.2 Å². The van der Waals surface area contributed by atoms with Crippen LogP contribution >= 0.6 is 0 Å². The SMILES string of the molecule is CC(=O)c1ccc(S(=O)(=O)NCCC(=O)Nc2n[nH]c(-c3ccncc3)c2C)cc1. The molecule has 0 spiro atoms. The minimum Gasteiger partial charge on any atom is -0.309 e. The van der Waals surface area contributed by atoms with E-state index in [0.29, 0.717) is 11.4 Å². The Bertz CT molecular complexity index is 1160. The van der Waals surface area contributed by atoms with Gasteiger partial charge in [0.15, 0.2) is 11.6 Å². The van der Waals surface area contributed by atoms with Gasteiger partial charge in [-0.3, -0.25) is 19.7 Å². The lowest BCUT2D eigenvalue weighted by atomic mass is 10.1. The average molecular weight is 427 g/mol. The van der Waals surface area contributed by atoms with Crippen LogP contribution in [0.3, 0.4) is 0 Å². The third-order valence-electron chi connectivity index (χ3n) is 4.45. The zero-order valence-corrected chi connectivity index (χ0v) is 17.3. The van der Waals surface area contributed by atoms with Gasteiger partial charge in [0, 0.05) is 42.0 Å². The first kappa shape index (κ1) is 21.3. The van der Waals surface area contributed by atoms with Gasteiger partial charge in [0.25, 0.3) is 0 Å². The number of hydrogen-bond donors (Lipinski definition) is 3. The summed E-state index contributed by atoms with van der Waals surface area (Å²) >= 11 is 0. The second-order valence-corrected chi connectivity index (χ2v) is 8.35. The summed E-state index contributed by atoms with van der Waals surface area (Å²) in [6, 6.07) is 9.25. The van der Waals surface area contributed by atoms with Gasteiger partial charge in [-0.15, -0.1) is 0 Å². The van der Waals surface area contributed by atoms with Crippen molar-refractivity contribution in [1.29, 1.82) is 0 Å². The molecule has 2 aromatic heterocycles. The molecule has 0 aliphatic heterocycles. The van der Waals surface area contributed by atoms with Crippen molar-refractivity contribution in [2.75, 3.05) is 11.9 Å². The molecule has 10 heteroatoms. The molecule has 30 heavy (non-hydrogen) atoms. The second kappa shape index (κ2) is 8.97. The van der Waals surface area contributed by atoms with Crippen LogP contribution in [0, 0.1) is 6.92 Å². The Labute approximate surface area is 174 Å². The summed E-state index contributed by atoms with van der Waals surface area (Å²) in [5.41, 5.74) is 2.84. The predicted octanol–water partition coefficient (Wildman–Crippen LogP) is 2.29. The molecule has 0 atom stereocenters. The first-order chi connectivity index (χ1) is 14.3. The van der Waals surface area contributed by atoms with Crippen molar-refractivity contribution in [3.63, 3.8) is 0 Å². The fourth-order valence-corrected chi connectivity index (χ4v) is 3.80. The van der Waals surface area contributed by atoms with Crippen LogP contribution in [0.25, 0.3) is 11.3 Å². The number of aromatic nitrogens is 3. The Morgan fingerprint density at radius 2 is 1.73 bits per heavy atom. The van der Waals surface area contributed by atoms with Crippen molar-refractivity contribution in [3.05, 3.63) is 59.9 Å². The van der Waals surface area contributed by atoms with Gasteiger partial charge in [0.05, 0.1) is 10.6 Å². The third kappa shape index (κ3) is 4.97. The molecule has 3 aromatic rings. The van der Waals surface area contributed by atoms with E-state index >= 15 is 0 Å². The maximum absolute atomic E-state index is 12.3. The summed E-state index contributed by atoms with van der Waals surface area (Å²) in [5, 5.41) is 9.67. The first-order valence-electron chi connectivity index (χ1n) is 9.14. The van der Waals surface area contributed by atoms with Crippen LogP contribution in [0.5, 0.6) is 0 Å². The number of anilines is 1. The van der Waals surface area contributed by atoms with Crippen molar-refractivity contribution >= 4 is 27.5 Å². The smallest absolute Gasteiger partial charge is 0.240 e. The van der Waals surface area contributed by atoms with Gasteiger partial charge in [-0.1, -0.05) is 12.1 Å². The molecular formula is C20H21N5O4S. The number of pyridine rings is 1. The zero-order chi connectivity index (χ0) is 21.7. The number of aromatic amines is 1. The highest BCUT2D eigenvalue weighted by Crippen LogP contribution is 2.25. The molecule has 3 N–H and O–H groups in total. The van der Waals surface area contributed by atoms with Gasteiger partial charge in [-0.2, -0.15) is 5.10 Å². The fourth-order valence-electron chi connectivity index (χ4n) is 2.76. The largest absolute Gasteiger partial charge is 0.309 e. The Hall–Kier alpha value is -3.37. The molecule has 1 aromatic carbocycles. The zero-order valence-electron chi connectivity index (χ0n) is 16.5. The number of carbonyl (C=O) groups is 2. The molecule has 1 amide bonds. The molecule has 0 fully saturated rings. The molecule has 0 aliphatic carbocycles. The quantitative estimate of drug-likeness (QED) is 0.472. The molecule has 0 saturated carbocycles. The van der Waals surface area contributed by atoms with E-state index in [9.17, 15) is 18.0 Å². The van der Waals surface area contributed by atoms with E-state index in [1.807, 2.05) is 19.1 Å². The van der Waals surface area contributed by atoms with Gasteiger partial charge < -0.3 is 5.32 Å². The van der Waals surface area contributed by atoms with Gasteiger partial charge >= 0.3 is 0 Å². The number of sulfonamides is 1. The predicted molar refractivity (Wildman–Crippen MR) is 111 cm³/mol. The first-order valence-corrected chi connectivity index (χ1v) is 10.6. The fraction of sp³-hybridized carbons (Fsp3) is 0.200. The third-order valence-corrected chi connectivity index (χ3v) is 5.93. The van der Waals surface area contributed by atoms with E-state index in [1.54, 1.807) is 12.4 Å². The monoisotopic (exact) mass is 427 g/mol. The van der Waals surface area contributed by atoms with Gasteiger partial charge in [-0.05, 0) is 38.1 Å². The number of ketones is 1. The molecule has 0 saturated heterocycles. The summed E-state index contributed by atoms with van der Waals surface area (Å²) in [5.74, 6) is -0.140. The van der Waals surface area contributed by atoms with E-state index in [2.05, 4.69) is 25.2 Å². The number of H-pyrrole nitrogens is 1. The van der Waals surface area contributed by atoms with Gasteiger partial charge in [0.2, 0.25) is 15.9 Å². The van der Waals surface area contributed by atoms with E-state index < -0.39 is 10.0 Å². The van der Waals surface area contributed by atoms with Crippen LogP contribution in [0.4, 0.5) is 5.82 Å². The number of Topliss-reactive ketones (excluding diaryl/α,β-unsaturated/α-hetero) is 1. The molecule has 0 unspecified atom stereocenters. The van der Waals surface area contributed by atoms with Crippen LogP contribution < -0.4 is 10.0 Å². The van der Waals surface area contributed by atoms with Crippen molar-refractivity contribution in [1.82, 2.24) is 19.9 Å². The maximum atomic E-state index is 12.3. The summed E-state index contributed by atoms with van der Waals surface area (Å²) < 4.78 is 27.0. The molecule has 156 valence electrons. The average Bonchev–Trinajstić information content (AvgIpc) is 3.08. The van der Waals surface area contributed by atoms with E-state index in [1.165, 1.54) is 31.2 Å². The van der Waals surface area contributed by atoms with E-state index in [4.69, 9.17) is 0 Å². The second-order valence-electron chi connectivity index (χ2n) is 6.58. The summed E-state index contributed by atoms with van der Waals surface area (Å²) in [7, 11) is -3.78. The highest BCUT2D eigenvalue weighted by Gasteiger charge is 2.16. The number of hydrogen-bond acceptors (Lipinski definition) is 6. The van der Waals surface area contributed by atoms with Crippen LogP contribution in [0.1, 0.15) is 29.3 Å². The number of nitrogens with zero attached hydrogens (tertiary/aromatic N) is 2. The molecule has 9 nitrogen and oxygen atoms in total. The Kier molecular flexibility index (Phi) is 6.38. The number of benzene rings is 1. The molecule has 0 radical (unpaired) electrons. The Balaban J connectivity index is 1.56. The summed E-state index contributed by atoms with van der Waals surface area (Å²) in [4.78, 5) is 27.5. The number of rotatable bonds is 8. The van der Waals surface area contributed by atoms with Crippen LogP contribution in [-0.2, 0) is 14.8 Å². The van der Waals surface area contributed by atoms with E-state index in [0.717, 1.165) is 16.8 Å². The van der Waals surface area contributed by atoms with Crippen molar-refractivity contribution in [3.8, 4) is 11.3 Å². The lowest BCUT2D eigenvalue weighted by Crippen LogP contribution is -2.28. The minimum absolute atomic E-state index is 0.0260. The topological polar surface area (TPSA) is 134 Å². The van der Waals surface area contributed by atoms with E-state index in [-0.39, 0.29) is 29.6 Å². The minimum atomic E-state index is -3.78. The van der Waals surface area contributed by atoms with Crippen LogP contribution in [0.2, 0.25) is 0 Å². The maximum Gasteiger partial charge on any atom is 0.240 e. The van der Waals surface area contributed by atoms with Crippen molar-refractivity contribution in [2.24, 2.45) is 0 Å². The standard InChI is InChI=1S/C20H21N5O4S/c1-13-19(16-7-10-21-11-8-16)24-25-20(13)23-18(27)9-12-22-30(28,29)17-5-3-15(4-6-17)14(2)26/h3-8,10-11,22H,9,12H2,1-2H3,(H2,23,24,25,27). The van der Waals surface area contributed by atoms with Crippen molar-refractivity contribution < 1.29 is 18.0 Å². The molecule has 3 rings (SSSR count). The Morgan fingerprint density at radius 1 is 1.07 bits per heavy atom. The molecular weight excluding hydrogens is 406 g/mol. The summed E-state index contributed by atoms with van der Waals surface area (Å²) in [6.07, 6.45) is 3.25. The highest BCUT2D eigenvalue weighted by molar-refractivity contribution is 7.89. The number of amides is 1. The van der Waals surface area contributed by atoms with Crippen LogP contribution in [-0.4, -0.2) is 41.8 Å². The molecule has 0 aliphatic rings. The number of carbonyl (C=O) groups excluding carboxylic acids is 2. The van der Waals surface area contributed by atoms with Gasteiger partial charge in [0.1, 0.15) is 0 Å². The Morgan fingerprint density at radius 3 is 2.37 bits per heavy atom. The van der Waals surface area contributed by atoms with Crippen LogP contribution in [0.15, 0.2) is 53.7 Å². The lowest BCUT2D eigenvalue weighted by molar-refractivity contribution is -0.116. The number of nitrogens with one attached hydrogen (secondary N) is 3. The molecule has 0 bridgehead atoms. The highest BCUT2D eigenvalue weighted by atomic mass is 32.2. The normalized spacial score (nSPS) is 11.3. The van der Waals surface area contributed by atoms with Gasteiger partial charge in [-0.25, -0.2) is 13.1 Å². The summed E-state index contributed by atoms with van der Waals surface area (Å²) in [6.45, 7) is 3.15.